The fourth-order valence-electron chi connectivity index (χ4n) is 0.453. The van der Waals surface area contributed by atoms with Crippen LogP contribution < -0.4 is 3.27 Å². The molecule has 0 atom stereocenters. The molecule has 0 nitrogen and oxygen atoms in total. The maximum atomic E-state index is 2.16. The topological polar surface area (TPSA) is 0 Å². The zero-order valence-corrected chi connectivity index (χ0v) is 10.9. The van der Waals surface area contributed by atoms with Crippen molar-refractivity contribution in [2.75, 3.05) is 0 Å². The summed E-state index contributed by atoms with van der Waals surface area (Å²) in [5.74, 6) is 0. The van der Waals surface area contributed by atoms with Crippen molar-refractivity contribution in [2.24, 2.45) is 0 Å². The van der Waals surface area contributed by atoms with Crippen molar-refractivity contribution in [3.63, 3.8) is 0 Å². The molecule has 0 heterocycles. The maximum absolute atomic E-state index is 2.16. The van der Waals surface area contributed by atoms with E-state index in [1.165, 1.54) is 3.27 Å². The monoisotopic (exact) mass is 360 g/mol. The molecular weight excluding hydrogens is 352 g/mol. The Kier molecular flexibility index (Phi) is 9.34. The Bertz CT molecular complexity index is 141. The second-order valence-corrected chi connectivity index (χ2v) is 4.00. The molecule has 0 radical (unpaired) electrons. The molecule has 0 N–H and O–H groups in total. The van der Waals surface area contributed by atoms with Crippen LogP contribution in [0.5, 0.6) is 0 Å². The van der Waals surface area contributed by atoms with Gasteiger partial charge in [-0.2, -0.15) is 0 Å². The van der Waals surface area contributed by atoms with Gasteiger partial charge in [0.2, 0.25) is 0 Å². The second-order valence-electron chi connectivity index (χ2n) is 1.41. The molecule has 1 rings (SSSR count). The van der Waals surface area contributed by atoms with Gasteiger partial charge < -0.3 is 0 Å². The van der Waals surface area contributed by atoms with Gasteiger partial charge in [0.15, 0.2) is 0 Å². The average molecular weight is 361 g/mol. The molecule has 3 heteroatoms. The summed E-state index contributed by atoms with van der Waals surface area (Å²) in [5.41, 5.74) is 0. The van der Waals surface area contributed by atoms with Gasteiger partial charge in [-0.3, -0.25) is 0 Å². The number of hydrogen-bond acceptors (Lipinski definition) is 0. The minimum absolute atomic E-state index is 0. The summed E-state index contributed by atoms with van der Waals surface area (Å²) in [5, 5.41) is 0. The molecule has 52 valence electrons. The fourth-order valence-corrected chi connectivity index (χ4v) is 1.32. The van der Waals surface area contributed by atoms with Crippen LogP contribution in [0.15, 0.2) is 30.3 Å². The zero-order chi connectivity index (χ0) is 5.11. The average Bonchev–Trinajstić information content (AvgIpc) is 1.69. The number of hydrogen-bond donors (Lipinski definition) is 0. The molecule has 0 aliphatic rings. The molecule has 0 saturated carbocycles. The van der Waals surface area contributed by atoms with Gasteiger partial charge in [-0.05, 0) is 0 Å². The summed E-state index contributed by atoms with van der Waals surface area (Å²) in [7, 11) is 0. The Balaban J connectivity index is 0. The van der Waals surface area contributed by atoms with Crippen LogP contribution in [0.2, 0.25) is 0 Å². The first-order valence-corrected chi connectivity index (χ1v) is 4.44. The predicted octanol–water partition coefficient (Wildman–Crippen LogP) is 0.789. The summed E-state index contributed by atoms with van der Waals surface area (Å²) < 4.78 is 1.49. The first kappa shape index (κ1) is 12.4. The van der Waals surface area contributed by atoms with Gasteiger partial charge in [-0.15, -0.1) is 24.8 Å². The van der Waals surface area contributed by atoms with Crippen LogP contribution in [0.1, 0.15) is 0 Å². The molecule has 0 bridgehead atoms. The van der Waals surface area contributed by atoms with Crippen LogP contribution in [-0.2, 0) is 0 Å². The molecule has 0 aromatic heterocycles. The third kappa shape index (κ3) is 5.14. The van der Waals surface area contributed by atoms with E-state index < -0.39 is 0 Å². The first-order chi connectivity index (χ1) is 3.39. The normalized spacial score (nSPS) is 6.78. The summed E-state index contributed by atoms with van der Waals surface area (Å²) in [6, 6.07) is 10.5. The third-order valence-corrected chi connectivity index (χ3v) is 2.30. The quantitative estimate of drug-likeness (QED) is 0.600. The fraction of sp³-hybridized carbons (Fsp3) is 0. The van der Waals surface area contributed by atoms with Crippen molar-refractivity contribution in [3.05, 3.63) is 30.3 Å². The number of benzene rings is 1. The van der Waals surface area contributed by atoms with Crippen LogP contribution in [0.3, 0.4) is 0 Å². The summed E-state index contributed by atoms with van der Waals surface area (Å²) in [6.45, 7) is 0. The van der Waals surface area contributed by atoms with Gasteiger partial charge >= 0.3 is 58.3 Å². The summed E-state index contributed by atoms with van der Waals surface area (Å²) >= 11 is 0.992. The molecule has 1 aromatic rings. The second kappa shape index (κ2) is 6.80. The number of rotatable bonds is 0. The van der Waals surface area contributed by atoms with Crippen molar-refractivity contribution in [2.45, 2.75) is 0 Å². The van der Waals surface area contributed by atoms with E-state index >= 15 is 0 Å². The van der Waals surface area contributed by atoms with Crippen molar-refractivity contribution < 1.29 is 0 Å². The van der Waals surface area contributed by atoms with Gasteiger partial charge in [0.05, 0.1) is 0 Å². The van der Waals surface area contributed by atoms with E-state index in [9.17, 15) is 0 Å². The van der Waals surface area contributed by atoms with Crippen LogP contribution in [0.25, 0.3) is 0 Å². The molecule has 9 heavy (non-hydrogen) atoms. The molecule has 1 aromatic carbocycles. The van der Waals surface area contributed by atoms with Gasteiger partial charge in [0.25, 0.3) is 0 Å². The van der Waals surface area contributed by atoms with Crippen molar-refractivity contribution in [1.29, 1.82) is 0 Å². The van der Waals surface area contributed by atoms with Crippen molar-refractivity contribution >= 4 is 52.8 Å². The van der Waals surface area contributed by atoms with E-state index in [0.29, 0.717) is 0 Å². The van der Waals surface area contributed by atoms with Crippen LogP contribution >= 0.6 is 24.8 Å². The predicted molar refractivity (Wildman–Crippen MR) is 49.1 cm³/mol. The van der Waals surface area contributed by atoms with Crippen LogP contribution in [0, 0.1) is 0 Å². The molecule has 0 fully saturated rings. The van der Waals surface area contributed by atoms with Crippen LogP contribution in [-0.4, -0.2) is 24.7 Å². The summed E-state index contributed by atoms with van der Waals surface area (Å²) in [4.78, 5) is 0. The van der Waals surface area contributed by atoms with Crippen molar-refractivity contribution in [1.82, 2.24) is 0 Å². The Morgan fingerprint density at radius 2 is 1.33 bits per heavy atom. The molecule has 0 aliphatic heterocycles. The van der Waals surface area contributed by atoms with E-state index in [2.05, 4.69) is 24.3 Å². The van der Waals surface area contributed by atoms with E-state index in [1.54, 1.807) is 0 Å². The first-order valence-electron chi connectivity index (χ1n) is 2.20. The Hall–Kier alpha value is 0.683. The Morgan fingerprint density at radius 3 is 1.56 bits per heavy atom. The molecule has 0 spiro atoms. The van der Waals surface area contributed by atoms with Gasteiger partial charge in [0, 0.05) is 0 Å². The zero-order valence-electron chi connectivity index (χ0n) is 4.78. The molecule has 0 unspecified atom stereocenters. The summed E-state index contributed by atoms with van der Waals surface area (Å²) in [6.07, 6.45) is 0. The van der Waals surface area contributed by atoms with Gasteiger partial charge in [0.1, 0.15) is 0 Å². The standard InChI is InChI=1S/C6H5.Bi.2ClH.2H/c1-2-4-6-5-3-1;;;;;/h1-5H;;2*1H;;. The Morgan fingerprint density at radius 1 is 0.889 bits per heavy atom. The molecule has 0 saturated heterocycles. The van der Waals surface area contributed by atoms with Crippen LogP contribution in [0.4, 0.5) is 0 Å². The van der Waals surface area contributed by atoms with E-state index in [0.717, 1.165) is 24.7 Å². The third-order valence-electron chi connectivity index (χ3n) is 0.800. The van der Waals surface area contributed by atoms with Crippen molar-refractivity contribution in [3.8, 4) is 0 Å². The van der Waals surface area contributed by atoms with E-state index in [4.69, 9.17) is 0 Å². The number of halogens is 2. The van der Waals surface area contributed by atoms with E-state index in [-0.39, 0.29) is 24.8 Å². The Labute approximate surface area is 82.7 Å². The van der Waals surface area contributed by atoms with Gasteiger partial charge in [-0.25, -0.2) is 0 Å². The SMILES string of the molecule is Cl.Cl.[BiH2][c]1ccccc1. The van der Waals surface area contributed by atoms with Gasteiger partial charge in [-0.1, -0.05) is 0 Å². The van der Waals surface area contributed by atoms with E-state index in [1.807, 2.05) is 6.07 Å². The molecule has 0 amide bonds. The molecular formula is C6H9BiCl2. The molecule has 0 aliphatic carbocycles. The minimum atomic E-state index is 0.